The quantitative estimate of drug-likeness (QED) is 0.546. The van der Waals surface area contributed by atoms with E-state index in [4.69, 9.17) is 4.74 Å². The van der Waals surface area contributed by atoms with Crippen molar-refractivity contribution in [1.82, 2.24) is 0 Å². The number of phenols is 1. The topological polar surface area (TPSA) is 49.8 Å². The van der Waals surface area contributed by atoms with E-state index < -0.39 is 0 Å². The maximum absolute atomic E-state index is 13.2. The Morgan fingerprint density at radius 1 is 1.08 bits per heavy atom. The fourth-order valence-corrected chi connectivity index (χ4v) is 4.22. The van der Waals surface area contributed by atoms with Crippen LogP contribution in [0.15, 0.2) is 57.5 Å². The normalized spacial score (nSPS) is 13.4. The van der Waals surface area contributed by atoms with Gasteiger partial charge in [-0.1, -0.05) is 30.3 Å². The number of halogens is 2. The van der Waals surface area contributed by atoms with Crippen molar-refractivity contribution in [2.75, 3.05) is 18.1 Å². The third-order valence-corrected chi connectivity index (χ3v) is 5.42. The third kappa shape index (κ3) is 2.79. The Hall–Kier alpha value is -2.05. The first-order chi connectivity index (χ1) is 12.1. The van der Waals surface area contributed by atoms with Gasteiger partial charge in [-0.2, -0.15) is 0 Å². The molecule has 1 heterocycles. The summed E-state index contributed by atoms with van der Waals surface area (Å²) in [7, 11) is 0. The van der Waals surface area contributed by atoms with E-state index in [0.29, 0.717) is 33.4 Å². The van der Waals surface area contributed by atoms with Crippen LogP contribution in [0.25, 0.3) is 10.8 Å². The van der Waals surface area contributed by atoms with Gasteiger partial charge in [-0.25, -0.2) is 0 Å². The number of aromatic hydroxyl groups is 1. The first kappa shape index (κ1) is 16.4. The summed E-state index contributed by atoms with van der Waals surface area (Å²) in [6.07, 6.45) is 0. The summed E-state index contributed by atoms with van der Waals surface area (Å²) in [6, 6.07) is 15.1. The molecule has 0 fully saturated rings. The zero-order valence-electron chi connectivity index (χ0n) is 13.0. The molecule has 0 unspecified atom stereocenters. The zero-order valence-corrected chi connectivity index (χ0v) is 16.2. The maximum Gasteiger partial charge on any atom is 0.258 e. The predicted octanol–water partition coefficient (Wildman–Crippen LogP) is 5.11. The molecule has 0 saturated heterocycles. The predicted molar refractivity (Wildman–Crippen MR) is 105 cm³/mol. The van der Waals surface area contributed by atoms with Gasteiger partial charge in [-0.05, 0) is 55.4 Å². The number of fused-ring (bicyclic) bond motifs is 3. The zero-order chi connectivity index (χ0) is 17.6. The second-order valence-corrected chi connectivity index (χ2v) is 7.44. The number of amides is 1. The number of hydrogen-bond acceptors (Lipinski definition) is 3. The van der Waals surface area contributed by atoms with Gasteiger partial charge in [0.25, 0.3) is 5.91 Å². The lowest BCUT2D eigenvalue weighted by molar-refractivity contribution is 0.0977. The van der Waals surface area contributed by atoms with E-state index in [1.54, 1.807) is 17.0 Å². The molecule has 25 heavy (non-hydrogen) atoms. The van der Waals surface area contributed by atoms with Gasteiger partial charge in [-0.15, -0.1) is 0 Å². The SMILES string of the molecule is O=C(c1cc(Br)c(O)c(Br)c1)N1CCOc2ccc3ccccc3c21. The number of ether oxygens (including phenoxy) is 1. The average Bonchev–Trinajstić information content (AvgIpc) is 2.64. The average molecular weight is 463 g/mol. The van der Waals surface area contributed by atoms with Crippen molar-refractivity contribution in [3.05, 3.63) is 63.0 Å². The van der Waals surface area contributed by atoms with Crippen LogP contribution in [0.3, 0.4) is 0 Å². The van der Waals surface area contributed by atoms with E-state index >= 15 is 0 Å². The second-order valence-electron chi connectivity index (χ2n) is 5.73. The van der Waals surface area contributed by atoms with Gasteiger partial charge >= 0.3 is 0 Å². The molecule has 3 aromatic carbocycles. The fraction of sp³-hybridized carbons (Fsp3) is 0.105. The van der Waals surface area contributed by atoms with Gasteiger partial charge in [0.05, 0.1) is 21.2 Å². The number of rotatable bonds is 1. The number of hydrogen-bond donors (Lipinski definition) is 1. The fourth-order valence-electron chi connectivity index (χ4n) is 3.04. The van der Waals surface area contributed by atoms with E-state index in [1.165, 1.54) is 0 Å². The van der Waals surface area contributed by atoms with Crippen LogP contribution in [-0.4, -0.2) is 24.2 Å². The molecule has 6 heteroatoms. The molecule has 1 aliphatic rings. The van der Waals surface area contributed by atoms with E-state index in [-0.39, 0.29) is 11.7 Å². The minimum Gasteiger partial charge on any atom is -0.506 e. The van der Waals surface area contributed by atoms with Crippen molar-refractivity contribution in [1.29, 1.82) is 0 Å². The molecule has 4 rings (SSSR count). The van der Waals surface area contributed by atoms with Crippen LogP contribution in [0, 0.1) is 0 Å². The lowest BCUT2D eigenvalue weighted by Crippen LogP contribution is -2.38. The van der Waals surface area contributed by atoms with Crippen molar-refractivity contribution in [3.8, 4) is 11.5 Å². The summed E-state index contributed by atoms with van der Waals surface area (Å²) in [6.45, 7) is 0.910. The summed E-state index contributed by atoms with van der Waals surface area (Å²) in [5.41, 5.74) is 1.27. The molecule has 0 spiro atoms. The van der Waals surface area contributed by atoms with Crippen LogP contribution in [0.5, 0.6) is 11.5 Å². The van der Waals surface area contributed by atoms with Gasteiger partial charge in [0, 0.05) is 10.9 Å². The molecule has 3 aromatic rings. The number of carbonyl (C=O) groups excluding carboxylic acids is 1. The maximum atomic E-state index is 13.2. The van der Waals surface area contributed by atoms with Crippen molar-refractivity contribution < 1.29 is 14.6 Å². The summed E-state index contributed by atoms with van der Waals surface area (Å²) < 4.78 is 6.70. The largest absolute Gasteiger partial charge is 0.506 e. The summed E-state index contributed by atoms with van der Waals surface area (Å²) in [5, 5.41) is 11.9. The molecule has 126 valence electrons. The Morgan fingerprint density at radius 3 is 2.56 bits per heavy atom. The van der Waals surface area contributed by atoms with E-state index in [2.05, 4.69) is 31.9 Å². The van der Waals surface area contributed by atoms with Crippen molar-refractivity contribution in [2.24, 2.45) is 0 Å². The highest BCUT2D eigenvalue weighted by Crippen LogP contribution is 2.40. The third-order valence-electron chi connectivity index (χ3n) is 4.21. The number of anilines is 1. The van der Waals surface area contributed by atoms with Crippen LogP contribution < -0.4 is 9.64 Å². The van der Waals surface area contributed by atoms with Crippen molar-refractivity contribution in [3.63, 3.8) is 0 Å². The summed E-state index contributed by atoms with van der Waals surface area (Å²) in [4.78, 5) is 14.9. The van der Waals surface area contributed by atoms with Crippen LogP contribution in [0.4, 0.5) is 5.69 Å². The van der Waals surface area contributed by atoms with E-state index in [1.807, 2.05) is 36.4 Å². The number of carbonyl (C=O) groups is 1. The molecule has 0 bridgehead atoms. The molecular weight excluding hydrogens is 450 g/mol. The van der Waals surface area contributed by atoms with Gasteiger partial charge < -0.3 is 14.7 Å². The Morgan fingerprint density at radius 2 is 1.80 bits per heavy atom. The van der Waals surface area contributed by atoms with Crippen LogP contribution in [0.2, 0.25) is 0 Å². The summed E-state index contributed by atoms with van der Waals surface area (Å²) >= 11 is 6.57. The molecular formula is C19H13Br2NO3. The Kier molecular flexibility index (Phi) is 4.17. The monoisotopic (exact) mass is 461 g/mol. The molecule has 4 nitrogen and oxygen atoms in total. The standard InChI is InChI=1S/C19H13Br2NO3/c20-14-9-12(10-15(21)18(14)23)19(24)22-7-8-25-16-6-5-11-3-1-2-4-13(11)17(16)22/h1-6,9-10,23H,7-8H2. The molecule has 0 saturated carbocycles. The minimum absolute atomic E-state index is 0.0735. The highest BCUT2D eigenvalue weighted by Gasteiger charge is 2.27. The number of nitrogens with zero attached hydrogens (tertiary/aromatic N) is 1. The Labute approximate surface area is 161 Å². The van der Waals surface area contributed by atoms with Crippen LogP contribution >= 0.6 is 31.9 Å². The van der Waals surface area contributed by atoms with Gasteiger partial charge in [0.15, 0.2) is 0 Å². The Bertz CT molecular complexity index is 980. The molecule has 1 aliphatic heterocycles. The first-order valence-electron chi connectivity index (χ1n) is 7.70. The van der Waals surface area contributed by atoms with Crippen LogP contribution in [-0.2, 0) is 0 Å². The first-order valence-corrected chi connectivity index (χ1v) is 9.29. The van der Waals surface area contributed by atoms with Gasteiger partial charge in [0.2, 0.25) is 0 Å². The van der Waals surface area contributed by atoms with Crippen LogP contribution in [0.1, 0.15) is 10.4 Å². The molecule has 1 amide bonds. The molecule has 0 aromatic heterocycles. The lowest BCUT2D eigenvalue weighted by atomic mass is 10.0. The number of phenolic OH excluding ortho intramolecular Hbond substituents is 1. The summed E-state index contributed by atoms with van der Waals surface area (Å²) in [5.74, 6) is 0.641. The smallest absolute Gasteiger partial charge is 0.258 e. The van der Waals surface area contributed by atoms with E-state index in [9.17, 15) is 9.90 Å². The Balaban J connectivity index is 1.86. The van der Waals surface area contributed by atoms with Gasteiger partial charge in [0.1, 0.15) is 18.1 Å². The van der Waals surface area contributed by atoms with Crippen molar-refractivity contribution >= 4 is 54.2 Å². The lowest BCUT2D eigenvalue weighted by Gasteiger charge is -2.31. The van der Waals surface area contributed by atoms with Gasteiger partial charge in [-0.3, -0.25) is 4.79 Å². The van der Waals surface area contributed by atoms with Crippen molar-refractivity contribution in [2.45, 2.75) is 0 Å². The minimum atomic E-state index is -0.137. The highest BCUT2D eigenvalue weighted by atomic mass is 79.9. The molecule has 0 atom stereocenters. The van der Waals surface area contributed by atoms with E-state index in [0.717, 1.165) is 16.5 Å². The second kappa shape index (κ2) is 6.35. The molecule has 0 radical (unpaired) electrons. The highest BCUT2D eigenvalue weighted by molar-refractivity contribution is 9.11. The number of benzene rings is 3. The molecule has 1 N–H and O–H groups in total. The molecule has 0 aliphatic carbocycles.